The van der Waals surface area contributed by atoms with E-state index in [1.54, 1.807) is 19.1 Å². The van der Waals surface area contributed by atoms with E-state index in [2.05, 4.69) is 38.4 Å². The SMILES string of the molecule is C/C(CC(=O)Nc1c(C)cc(C)cc1C)=N/NC(=O)c1ccccc1I. The van der Waals surface area contributed by atoms with Gasteiger partial charge in [0.25, 0.3) is 5.91 Å². The van der Waals surface area contributed by atoms with E-state index < -0.39 is 0 Å². The lowest BCUT2D eigenvalue weighted by atomic mass is 10.0. The van der Waals surface area contributed by atoms with Crippen LogP contribution in [-0.4, -0.2) is 17.5 Å². The lowest BCUT2D eigenvalue weighted by Gasteiger charge is -2.12. The fourth-order valence-electron chi connectivity index (χ4n) is 2.68. The Kier molecular flexibility index (Phi) is 6.90. The van der Waals surface area contributed by atoms with E-state index in [9.17, 15) is 9.59 Å². The van der Waals surface area contributed by atoms with Gasteiger partial charge in [-0.25, -0.2) is 5.43 Å². The van der Waals surface area contributed by atoms with Crippen molar-refractivity contribution in [3.05, 3.63) is 62.2 Å². The van der Waals surface area contributed by atoms with Gasteiger partial charge in [-0.1, -0.05) is 29.8 Å². The van der Waals surface area contributed by atoms with Crippen molar-refractivity contribution in [3.63, 3.8) is 0 Å². The van der Waals surface area contributed by atoms with Crippen LogP contribution in [0.3, 0.4) is 0 Å². The van der Waals surface area contributed by atoms with Gasteiger partial charge in [0.2, 0.25) is 5.91 Å². The van der Waals surface area contributed by atoms with Gasteiger partial charge in [0.1, 0.15) is 0 Å². The average molecular weight is 463 g/mol. The molecular weight excluding hydrogens is 441 g/mol. The smallest absolute Gasteiger partial charge is 0.272 e. The van der Waals surface area contributed by atoms with E-state index in [4.69, 9.17) is 0 Å². The molecule has 0 fully saturated rings. The number of rotatable bonds is 5. The van der Waals surface area contributed by atoms with Crippen LogP contribution in [0, 0.1) is 24.3 Å². The summed E-state index contributed by atoms with van der Waals surface area (Å²) in [5.74, 6) is -0.454. The Labute approximate surface area is 167 Å². The van der Waals surface area contributed by atoms with Crippen molar-refractivity contribution >= 4 is 45.8 Å². The number of hydrazone groups is 1. The first-order chi connectivity index (χ1) is 12.3. The van der Waals surface area contributed by atoms with Gasteiger partial charge in [-0.2, -0.15) is 5.10 Å². The zero-order chi connectivity index (χ0) is 19.3. The van der Waals surface area contributed by atoms with E-state index in [1.165, 1.54) is 0 Å². The molecule has 0 aliphatic carbocycles. The van der Waals surface area contributed by atoms with Crippen LogP contribution in [0.15, 0.2) is 41.5 Å². The number of carbonyl (C=O) groups is 2. The average Bonchev–Trinajstić information content (AvgIpc) is 2.56. The molecule has 0 aromatic heterocycles. The fourth-order valence-corrected chi connectivity index (χ4v) is 3.32. The summed E-state index contributed by atoms with van der Waals surface area (Å²) in [4.78, 5) is 24.4. The van der Waals surface area contributed by atoms with Crippen LogP contribution in [0.1, 0.15) is 40.4 Å². The number of nitrogens with one attached hydrogen (secondary N) is 2. The first kappa shape index (κ1) is 20.1. The molecule has 0 aliphatic rings. The van der Waals surface area contributed by atoms with Gasteiger partial charge in [0.05, 0.1) is 12.0 Å². The molecule has 0 atom stereocenters. The minimum absolute atomic E-state index is 0.110. The molecule has 2 N–H and O–H groups in total. The monoisotopic (exact) mass is 463 g/mol. The minimum Gasteiger partial charge on any atom is -0.325 e. The number of carbonyl (C=O) groups excluding carboxylic acids is 2. The second kappa shape index (κ2) is 8.93. The van der Waals surface area contributed by atoms with Crippen molar-refractivity contribution < 1.29 is 9.59 Å². The highest BCUT2D eigenvalue weighted by Gasteiger charge is 2.11. The summed E-state index contributed by atoms with van der Waals surface area (Å²) in [5.41, 5.74) is 7.63. The highest BCUT2D eigenvalue weighted by Crippen LogP contribution is 2.22. The molecule has 2 amide bonds. The maximum absolute atomic E-state index is 12.3. The molecule has 0 unspecified atom stereocenters. The summed E-state index contributed by atoms with van der Waals surface area (Å²) in [6, 6.07) is 11.3. The summed E-state index contributed by atoms with van der Waals surface area (Å²) >= 11 is 2.10. The van der Waals surface area contributed by atoms with Crippen LogP contribution in [0.25, 0.3) is 0 Å². The maximum Gasteiger partial charge on any atom is 0.272 e. The lowest BCUT2D eigenvalue weighted by molar-refractivity contribution is -0.115. The third kappa shape index (κ3) is 5.39. The Hall–Kier alpha value is -2.22. The normalized spacial score (nSPS) is 11.2. The Balaban J connectivity index is 1.98. The predicted octanol–water partition coefficient (Wildman–Crippen LogP) is 4.35. The maximum atomic E-state index is 12.3. The zero-order valence-electron chi connectivity index (χ0n) is 15.3. The van der Waals surface area contributed by atoms with Crippen molar-refractivity contribution in [1.82, 2.24) is 5.43 Å². The van der Waals surface area contributed by atoms with Crippen LogP contribution >= 0.6 is 22.6 Å². The second-order valence-electron chi connectivity index (χ2n) is 6.27. The number of aryl methyl sites for hydroxylation is 3. The number of amides is 2. The van der Waals surface area contributed by atoms with Gasteiger partial charge in [0, 0.05) is 15.0 Å². The summed E-state index contributed by atoms with van der Waals surface area (Å²) < 4.78 is 0.846. The van der Waals surface area contributed by atoms with Gasteiger partial charge >= 0.3 is 0 Å². The zero-order valence-corrected chi connectivity index (χ0v) is 17.5. The van der Waals surface area contributed by atoms with Crippen molar-refractivity contribution in [2.75, 3.05) is 5.32 Å². The molecule has 0 saturated carbocycles. The molecule has 0 saturated heterocycles. The molecule has 136 valence electrons. The van der Waals surface area contributed by atoms with Crippen molar-refractivity contribution in [2.45, 2.75) is 34.1 Å². The van der Waals surface area contributed by atoms with Gasteiger partial charge < -0.3 is 5.32 Å². The number of nitrogens with zero attached hydrogens (tertiary/aromatic N) is 1. The minimum atomic E-state index is -0.292. The van der Waals surface area contributed by atoms with Crippen LogP contribution in [-0.2, 0) is 4.79 Å². The third-order valence-electron chi connectivity index (χ3n) is 3.82. The molecule has 2 aromatic carbocycles. The second-order valence-corrected chi connectivity index (χ2v) is 7.43. The van der Waals surface area contributed by atoms with E-state index in [1.807, 2.05) is 45.0 Å². The fraction of sp³-hybridized carbons (Fsp3) is 0.250. The summed E-state index contributed by atoms with van der Waals surface area (Å²) in [7, 11) is 0. The summed E-state index contributed by atoms with van der Waals surface area (Å²) in [6.07, 6.45) is 0.110. The highest BCUT2D eigenvalue weighted by atomic mass is 127. The van der Waals surface area contributed by atoms with E-state index in [0.717, 1.165) is 25.9 Å². The number of anilines is 1. The summed E-state index contributed by atoms with van der Waals surface area (Å²) in [5, 5.41) is 6.97. The van der Waals surface area contributed by atoms with Gasteiger partial charge in [-0.3, -0.25) is 9.59 Å². The number of halogens is 1. The highest BCUT2D eigenvalue weighted by molar-refractivity contribution is 14.1. The molecule has 2 aromatic rings. The molecule has 5 nitrogen and oxygen atoms in total. The topological polar surface area (TPSA) is 70.6 Å². The Morgan fingerprint density at radius 1 is 1.08 bits per heavy atom. The van der Waals surface area contributed by atoms with Crippen LogP contribution < -0.4 is 10.7 Å². The van der Waals surface area contributed by atoms with Crippen molar-refractivity contribution in [2.24, 2.45) is 5.10 Å². The molecule has 0 aliphatic heterocycles. The number of benzene rings is 2. The molecule has 0 heterocycles. The third-order valence-corrected chi connectivity index (χ3v) is 4.77. The molecule has 2 rings (SSSR count). The van der Waals surface area contributed by atoms with E-state index in [-0.39, 0.29) is 18.2 Å². The number of hydrogen-bond donors (Lipinski definition) is 2. The van der Waals surface area contributed by atoms with Crippen LogP contribution in [0.2, 0.25) is 0 Å². The first-order valence-electron chi connectivity index (χ1n) is 8.23. The molecular formula is C20H22IN3O2. The molecule has 26 heavy (non-hydrogen) atoms. The quantitative estimate of drug-likeness (QED) is 0.393. The first-order valence-corrected chi connectivity index (χ1v) is 9.31. The van der Waals surface area contributed by atoms with E-state index in [0.29, 0.717) is 11.3 Å². The molecule has 0 spiro atoms. The Morgan fingerprint density at radius 2 is 1.69 bits per heavy atom. The number of hydrogen-bond acceptors (Lipinski definition) is 3. The van der Waals surface area contributed by atoms with E-state index >= 15 is 0 Å². The van der Waals surface area contributed by atoms with Crippen molar-refractivity contribution in [1.29, 1.82) is 0 Å². The molecule has 0 bridgehead atoms. The van der Waals surface area contributed by atoms with Gasteiger partial charge in [-0.15, -0.1) is 0 Å². The van der Waals surface area contributed by atoms with Crippen LogP contribution in [0.5, 0.6) is 0 Å². The Bertz CT molecular complexity index is 852. The lowest BCUT2D eigenvalue weighted by Crippen LogP contribution is -2.22. The van der Waals surface area contributed by atoms with Gasteiger partial charge in [-0.05, 0) is 73.5 Å². The molecule has 6 heteroatoms. The van der Waals surface area contributed by atoms with Gasteiger partial charge in [0.15, 0.2) is 0 Å². The Morgan fingerprint density at radius 3 is 2.31 bits per heavy atom. The largest absolute Gasteiger partial charge is 0.325 e. The predicted molar refractivity (Wildman–Crippen MR) is 114 cm³/mol. The van der Waals surface area contributed by atoms with Crippen LogP contribution in [0.4, 0.5) is 5.69 Å². The molecule has 0 radical (unpaired) electrons. The standard InChI is InChI=1S/C20H22IN3O2/c1-12-9-13(2)19(14(3)10-12)22-18(25)11-15(4)23-24-20(26)16-7-5-6-8-17(16)21/h5-10H,11H2,1-4H3,(H,22,25)(H,24,26)/b23-15-. The summed E-state index contributed by atoms with van der Waals surface area (Å²) in [6.45, 7) is 7.68. The van der Waals surface area contributed by atoms with Crippen molar-refractivity contribution in [3.8, 4) is 0 Å².